The Balaban J connectivity index is 2.07. The molecule has 0 aliphatic rings. The number of nitrogens with zero attached hydrogens (tertiary/aromatic N) is 2. The molecule has 7 heteroatoms. The number of carboxylic acids is 1. The zero-order valence-electron chi connectivity index (χ0n) is 10.5. The first kappa shape index (κ1) is 13.7. The minimum atomic E-state index is -1.36. The van der Waals surface area contributed by atoms with Crippen LogP contribution in [-0.4, -0.2) is 28.0 Å². The summed E-state index contributed by atoms with van der Waals surface area (Å²) >= 11 is 0. The number of benzene rings is 1. The van der Waals surface area contributed by atoms with Gasteiger partial charge in [0.25, 0.3) is 5.56 Å². The molecule has 7 nitrogen and oxygen atoms in total. The molecule has 2 rings (SSSR count). The van der Waals surface area contributed by atoms with Crippen molar-refractivity contribution < 1.29 is 14.7 Å². The predicted octanol–water partition coefficient (Wildman–Crippen LogP) is -1.35. The number of para-hydroxylation sites is 1. The van der Waals surface area contributed by atoms with Gasteiger partial charge in [0.1, 0.15) is 0 Å². The topological polar surface area (TPSA) is 104 Å². The molecule has 104 valence electrons. The summed E-state index contributed by atoms with van der Waals surface area (Å²) in [6.45, 7) is -0.404. The first-order valence-corrected chi connectivity index (χ1v) is 5.98. The maximum absolute atomic E-state index is 12.1. The van der Waals surface area contributed by atoms with Crippen LogP contribution in [0.25, 0.3) is 10.9 Å². The van der Waals surface area contributed by atoms with Gasteiger partial charge >= 0.3 is 0 Å². The standard InChI is InChI=1S/C13H13N3O4/c17-11(14-7-12(18)19)5-6-16-8-15-10-4-2-1-3-9(10)13(16)20/h1-4,8H,5-7H2,(H,14,17)(H,18,19)/p-1. The van der Waals surface area contributed by atoms with E-state index in [2.05, 4.69) is 10.3 Å². The van der Waals surface area contributed by atoms with Crippen molar-refractivity contribution in [2.45, 2.75) is 13.0 Å². The fourth-order valence-electron chi connectivity index (χ4n) is 1.75. The molecule has 1 aromatic carbocycles. The third kappa shape index (κ3) is 3.19. The number of amides is 1. The smallest absolute Gasteiger partial charge is 0.261 e. The second-order valence-corrected chi connectivity index (χ2v) is 4.16. The Morgan fingerprint density at radius 1 is 1.30 bits per heavy atom. The summed E-state index contributed by atoms with van der Waals surface area (Å²) in [5.41, 5.74) is 0.360. The van der Waals surface area contributed by atoms with Crippen molar-refractivity contribution in [3.05, 3.63) is 40.9 Å². The summed E-state index contributed by atoms with van der Waals surface area (Å²) in [5.74, 6) is -1.82. The van der Waals surface area contributed by atoms with Gasteiger partial charge in [-0.05, 0) is 12.1 Å². The maximum atomic E-state index is 12.1. The van der Waals surface area contributed by atoms with Crippen LogP contribution in [0, 0.1) is 0 Å². The molecule has 1 heterocycles. The molecule has 0 saturated heterocycles. The second kappa shape index (κ2) is 5.96. The molecule has 0 aliphatic carbocycles. The fraction of sp³-hybridized carbons (Fsp3) is 0.231. The van der Waals surface area contributed by atoms with E-state index in [-0.39, 0.29) is 18.5 Å². The zero-order valence-corrected chi connectivity index (χ0v) is 10.5. The number of aliphatic carboxylic acids is 1. The number of carboxylic acid groups (broad SMARTS) is 1. The quantitative estimate of drug-likeness (QED) is 0.726. The lowest BCUT2D eigenvalue weighted by Crippen LogP contribution is -2.38. The Hall–Kier alpha value is -2.70. The Morgan fingerprint density at radius 2 is 2.05 bits per heavy atom. The minimum Gasteiger partial charge on any atom is -0.548 e. The molecule has 2 aromatic rings. The van der Waals surface area contributed by atoms with Gasteiger partial charge in [0.2, 0.25) is 5.91 Å². The number of carbonyl (C=O) groups excluding carboxylic acids is 2. The number of rotatable bonds is 5. The lowest BCUT2D eigenvalue weighted by molar-refractivity contribution is -0.304. The van der Waals surface area contributed by atoms with Crippen molar-refractivity contribution >= 4 is 22.8 Å². The molecule has 1 N–H and O–H groups in total. The van der Waals surface area contributed by atoms with Gasteiger partial charge in [-0.25, -0.2) is 4.98 Å². The van der Waals surface area contributed by atoms with E-state index in [4.69, 9.17) is 0 Å². The van der Waals surface area contributed by atoms with Gasteiger partial charge < -0.3 is 15.2 Å². The van der Waals surface area contributed by atoms with Gasteiger partial charge in [0.05, 0.1) is 29.7 Å². The first-order valence-electron chi connectivity index (χ1n) is 5.98. The summed E-state index contributed by atoms with van der Waals surface area (Å²) < 4.78 is 1.32. The molecule has 1 aromatic heterocycles. The van der Waals surface area contributed by atoms with Crippen LogP contribution in [-0.2, 0) is 16.1 Å². The van der Waals surface area contributed by atoms with E-state index < -0.39 is 18.4 Å². The number of aryl methyl sites for hydroxylation is 1. The zero-order chi connectivity index (χ0) is 14.5. The second-order valence-electron chi connectivity index (χ2n) is 4.16. The predicted molar refractivity (Wildman–Crippen MR) is 68.6 cm³/mol. The van der Waals surface area contributed by atoms with Crippen molar-refractivity contribution in [3.63, 3.8) is 0 Å². The van der Waals surface area contributed by atoms with Crippen LogP contribution in [0.5, 0.6) is 0 Å². The van der Waals surface area contributed by atoms with Crippen molar-refractivity contribution in [1.82, 2.24) is 14.9 Å². The fourth-order valence-corrected chi connectivity index (χ4v) is 1.75. The number of aromatic nitrogens is 2. The summed E-state index contributed by atoms with van der Waals surface area (Å²) in [6.07, 6.45) is 1.36. The monoisotopic (exact) mass is 274 g/mol. The van der Waals surface area contributed by atoms with Crippen LogP contribution in [0.15, 0.2) is 35.4 Å². The number of fused-ring (bicyclic) bond motifs is 1. The molecule has 20 heavy (non-hydrogen) atoms. The molecule has 0 radical (unpaired) electrons. The van der Waals surface area contributed by atoms with Gasteiger partial charge in [-0.1, -0.05) is 12.1 Å². The molecule has 0 saturated carbocycles. The normalized spacial score (nSPS) is 10.4. The van der Waals surface area contributed by atoms with Crippen LogP contribution in [0.1, 0.15) is 6.42 Å². The lowest BCUT2D eigenvalue weighted by Gasteiger charge is -2.08. The molecule has 1 amide bonds. The molecule has 0 spiro atoms. The molecule has 0 atom stereocenters. The Labute approximate surface area is 113 Å². The number of carbonyl (C=O) groups is 2. The number of hydrogen-bond donors (Lipinski definition) is 1. The van der Waals surface area contributed by atoms with Crippen LogP contribution < -0.4 is 16.0 Å². The highest BCUT2D eigenvalue weighted by atomic mass is 16.4. The molecular weight excluding hydrogens is 262 g/mol. The van der Waals surface area contributed by atoms with Crippen LogP contribution in [0.4, 0.5) is 0 Å². The van der Waals surface area contributed by atoms with Gasteiger partial charge in [-0.3, -0.25) is 14.2 Å². The number of hydrogen-bond acceptors (Lipinski definition) is 5. The molecular formula is C13H12N3O4-. The highest BCUT2D eigenvalue weighted by molar-refractivity contribution is 5.80. The Bertz CT molecular complexity index is 708. The highest BCUT2D eigenvalue weighted by Gasteiger charge is 2.06. The van der Waals surface area contributed by atoms with E-state index in [1.54, 1.807) is 24.3 Å². The lowest BCUT2D eigenvalue weighted by atomic mass is 10.2. The average Bonchev–Trinajstić information content (AvgIpc) is 2.44. The van der Waals surface area contributed by atoms with Gasteiger partial charge in [-0.15, -0.1) is 0 Å². The molecule has 0 bridgehead atoms. The molecule has 0 fully saturated rings. The molecule has 0 aliphatic heterocycles. The van der Waals surface area contributed by atoms with E-state index in [1.807, 2.05) is 0 Å². The van der Waals surface area contributed by atoms with Gasteiger partial charge in [0.15, 0.2) is 0 Å². The third-order valence-corrected chi connectivity index (χ3v) is 2.74. The van der Waals surface area contributed by atoms with E-state index in [1.165, 1.54) is 10.9 Å². The minimum absolute atomic E-state index is 0.00674. The third-order valence-electron chi connectivity index (χ3n) is 2.74. The van der Waals surface area contributed by atoms with Crippen molar-refractivity contribution in [1.29, 1.82) is 0 Å². The van der Waals surface area contributed by atoms with Crippen molar-refractivity contribution in [2.24, 2.45) is 0 Å². The van der Waals surface area contributed by atoms with Crippen molar-refractivity contribution in [3.8, 4) is 0 Å². The van der Waals surface area contributed by atoms with Gasteiger partial charge in [-0.2, -0.15) is 0 Å². The maximum Gasteiger partial charge on any atom is 0.261 e. The summed E-state index contributed by atoms with van der Waals surface area (Å²) in [6, 6.07) is 6.92. The van der Waals surface area contributed by atoms with Crippen LogP contribution in [0.3, 0.4) is 0 Å². The van der Waals surface area contributed by atoms with E-state index in [0.29, 0.717) is 10.9 Å². The SMILES string of the molecule is O=C([O-])CNC(=O)CCn1cnc2ccccc2c1=O. The summed E-state index contributed by atoms with van der Waals surface area (Å²) in [7, 11) is 0. The molecule has 0 unspecified atom stereocenters. The van der Waals surface area contributed by atoms with Crippen LogP contribution >= 0.6 is 0 Å². The largest absolute Gasteiger partial charge is 0.548 e. The summed E-state index contributed by atoms with van der Waals surface area (Å²) in [4.78, 5) is 37.8. The van der Waals surface area contributed by atoms with Crippen molar-refractivity contribution in [2.75, 3.05) is 6.54 Å². The number of nitrogens with one attached hydrogen (secondary N) is 1. The highest BCUT2D eigenvalue weighted by Crippen LogP contribution is 2.04. The first-order chi connectivity index (χ1) is 9.58. The van der Waals surface area contributed by atoms with E-state index in [0.717, 1.165) is 0 Å². The van der Waals surface area contributed by atoms with Crippen LogP contribution in [0.2, 0.25) is 0 Å². The average molecular weight is 274 g/mol. The van der Waals surface area contributed by atoms with E-state index >= 15 is 0 Å². The Kier molecular flexibility index (Phi) is 4.09. The summed E-state index contributed by atoms with van der Waals surface area (Å²) in [5, 5.41) is 12.8. The van der Waals surface area contributed by atoms with Gasteiger partial charge in [0, 0.05) is 13.0 Å². The van der Waals surface area contributed by atoms with E-state index in [9.17, 15) is 19.5 Å². The Morgan fingerprint density at radius 3 is 2.80 bits per heavy atom.